The summed E-state index contributed by atoms with van der Waals surface area (Å²) >= 11 is 1.48. The summed E-state index contributed by atoms with van der Waals surface area (Å²) in [6, 6.07) is 3.18. The number of aryl methyl sites for hydroxylation is 1. The Morgan fingerprint density at radius 3 is 2.71 bits per heavy atom. The lowest BCUT2D eigenvalue weighted by atomic mass is 10.2. The van der Waals surface area contributed by atoms with Crippen LogP contribution in [0, 0.1) is 6.92 Å². The van der Waals surface area contributed by atoms with E-state index in [1.165, 1.54) is 23.5 Å². The van der Waals surface area contributed by atoms with E-state index in [-0.39, 0.29) is 23.5 Å². The summed E-state index contributed by atoms with van der Waals surface area (Å²) in [6.07, 6.45) is 1.72. The van der Waals surface area contributed by atoms with Gasteiger partial charge in [0.05, 0.1) is 17.8 Å². The second-order valence-corrected chi connectivity index (χ2v) is 5.53. The van der Waals surface area contributed by atoms with Gasteiger partial charge in [0.25, 0.3) is 0 Å². The Labute approximate surface area is 124 Å². The molecule has 2 rings (SSSR count). The molecule has 2 aromatic rings. The van der Waals surface area contributed by atoms with Crippen molar-refractivity contribution in [2.24, 2.45) is 0 Å². The summed E-state index contributed by atoms with van der Waals surface area (Å²) in [7, 11) is 0. The largest absolute Gasteiger partial charge is 0.506 e. The second-order valence-electron chi connectivity index (χ2n) is 4.21. The minimum Gasteiger partial charge on any atom is -0.506 e. The highest BCUT2D eigenvalue weighted by atomic mass is 32.1. The quantitative estimate of drug-likeness (QED) is 0.647. The fraction of sp³-hybridized carbons (Fsp3) is 0.154. The number of carboxylic acids is 1. The van der Waals surface area contributed by atoms with Crippen LogP contribution in [0.4, 0.5) is 10.5 Å². The van der Waals surface area contributed by atoms with Crippen LogP contribution in [0.2, 0.25) is 0 Å². The number of carbonyl (C=O) groups is 2. The summed E-state index contributed by atoms with van der Waals surface area (Å²) in [5.74, 6) is -1.46. The fourth-order valence-electron chi connectivity index (χ4n) is 1.58. The van der Waals surface area contributed by atoms with Crippen molar-refractivity contribution < 1.29 is 19.8 Å². The van der Waals surface area contributed by atoms with Crippen LogP contribution in [-0.2, 0) is 6.54 Å². The number of nitrogens with one attached hydrogen (secondary N) is 2. The van der Waals surface area contributed by atoms with Crippen molar-refractivity contribution in [3.8, 4) is 5.75 Å². The lowest BCUT2D eigenvalue weighted by Crippen LogP contribution is -2.28. The molecule has 1 aromatic carbocycles. The molecular formula is C13H13N3O4S. The summed E-state index contributed by atoms with van der Waals surface area (Å²) in [5, 5.41) is 24.2. The number of amides is 2. The number of aromatic nitrogens is 1. The number of anilines is 1. The number of rotatable bonds is 4. The Balaban J connectivity index is 1.94. The maximum absolute atomic E-state index is 11.7. The molecule has 7 nitrogen and oxygen atoms in total. The number of nitrogens with zero attached hydrogens (tertiary/aromatic N) is 1. The average molecular weight is 307 g/mol. The number of phenolic OH excluding ortho intramolecular Hbond substituents is 1. The van der Waals surface area contributed by atoms with Gasteiger partial charge >= 0.3 is 12.0 Å². The normalized spacial score (nSPS) is 10.1. The minimum absolute atomic E-state index is 0.0586. The van der Waals surface area contributed by atoms with Gasteiger partial charge in [-0.25, -0.2) is 14.6 Å². The Morgan fingerprint density at radius 2 is 2.14 bits per heavy atom. The van der Waals surface area contributed by atoms with E-state index in [9.17, 15) is 14.7 Å². The van der Waals surface area contributed by atoms with Crippen molar-refractivity contribution in [2.75, 3.05) is 5.32 Å². The zero-order valence-corrected chi connectivity index (χ0v) is 11.9. The average Bonchev–Trinajstić information content (AvgIpc) is 2.84. The first-order valence-corrected chi connectivity index (χ1v) is 6.80. The van der Waals surface area contributed by atoms with Gasteiger partial charge in [0, 0.05) is 11.1 Å². The van der Waals surface area contributed by atoms with Crippen LogP contribution in [0.5, 0.6) is 5.75 Å². The monoisotopic (exact) mass is 307 g/mol. The molecule has 4 N–H and O–H groups in total. The number of phenols is 1. The number of thiazole rings is 1. The van der Waals surface area contributed by atoms with Crippen molar-refractivity contribution in [2.45, 2.75) is 13.5 Å². The number of urea groups is 1. The number of aromatic hydroxyl groups is 1. The van der Waals surface area contributed by atoms with Crippen LogP contribution >= 0.6 is 11.3 Å². The van der Waals surface area contributed by atoms with Gasteiger partial charge < -0.3 is 20.8 Å². The van der Waals surface area contributed by atoms with Crippen LogP contribution < -0.4 is 10.6 Å². The van der Waals surface area contributed by atoms with Gasteiger partial charge in [-0.2, -0.15) is 0 Å². The zero-order valence-electron chi connectivity index (χ0n) is 11.1. The first-order valence-electron chi connectivity index (χ1n) is 5.98. The zero-order chi connectivity index (χ0) is 15.4. The van der Waals surface area contributed by atoms with Crippen LogP contribution in [-0.4, -0.2) is 27.2 Å². The maximum Gasteiger partial charge on any atom is 0.335 e. The third kappa shape index (κ3) is 3.93. The van der Waals surface area contributed by atoms with Gasteiger partial charge in [-0.05, 0) is 25.1 Å². The smallest absolute Gasteiger partial charge is 0.335 e. The summed E-state index contributed by atoms with van der Waals surface area (Å²) in [5.41, 5.74) is 0.0736. The highest BCUT2D eigenvalue weighted by Crippen LogP contribution is 2.24. The van der Waals surface area contributed by atoms with Gasteiger partial charge in [0.2, 0.25) is 0 Å². The van der Waals surface area contributed by atoms with Crippen molar-refractivity contribution in [1.82, 2.24) is 10.3 Å². The molecule has 0 fully saturated rings. The highest BCUT2D eigenvalue weighted by molar-refractivity contribution is 7.11. The molecule has 21 heavy (non-hydrogen) atoms. The molecule has 1 aromatic heterocycles. The number of aromatic carboxylic acids is 1. The first-order chi connectivity index (χ1) is 9.95. The Morgan fingerprint density at radius 1 is 1.38 bits per heavy atom. The summed E-state index contributed by atoms with van der Waals surface area (Å²) < 4.78 is 0. The molecule has 0 saturated carbocycles. The van der Waals surface area contributed by atoms with E-state index >= 15 is 0 Å². The number of benzene rings is 1. The summed E-state index contributed by atoms with van der Waals surface area (Å²) in [6.45, 7) is 2.20. The van der Waals surface area contributed by atoms with Gasteiger partial charge in [0.15, 0.2) is 0 Å². The van der Waals surface area contributed by atoms with E-state index in [2.05, 4.69) is 15.6 Å². The number of hydrogen-bond acceptors (Lipinski definition) is 5. The molecule has 1 heterocycles. The van der Waals surface area contributed by atoms with Crippen molar-refractivity contribution in [1.29, 1.82) is 0 Å². The number of hydrogen-bond donors (Lipinski definition) is 4. The molecule has 8 heteroatoms. The molecule has 0 aliphatic rings. The first kappa shape index (κ1) is 14.8. The molecular weight excluding hydrogens is 294 g/mol. The second kappa shape index (κ2) is 6.23. The fourth-order valence-corrected chi connectivity index (χ4v) is 2.30. The van der Waals surface area contributed by atoms with Crippen LogP contribution in [0.15, 0.2) is 24.4 Å². The SMILES string of the molecule is Cc1cnc(CNC(=O)Nc2ccc(C(=O)O)cc2O)s1. The molecule has 0 saturated heterocycles. The van der Waals surface area contributed by atoms with Crippen LogP contribution in [0.25, 0.3) is 0 Å². The lowest BCUT2D eigenvalue weighted by Gasteiger charge is -2.08. The van der Waals surface area contributed by atoms with Gasteiger partial charge in [-0.15, -0.1) is 11.3 Å². The lowest BCUT2D eigenvalue weighted by molar-refractivity contribution is 0.0696. The molecule has 0 unspecified atom stereocenters. The van der Waals surface area contributed by atoms with Gasteiger partial charge in [-0.3, -0.25) is 0 Å². The third-order valence-electron chi connectivity index (χ3n) is 2.56. The predicted molar refractivity (Wildman–Crippen MR) is 77.8 cm³/mol. The Kier molecular flexibility index (Phi) is 4.39. The maximum atomic E-state index is 11.7. The van der Waals surface area contributed by atoms with Gasteiger partial charge in [0.1, 0.15) is 10.8 Å². The summed E-state index contributed by atoms with van der Waals surface area (Å²) in [4.78, 5) is 27.6. The van der Waals surface area contributed by atoms with Crippen LogP contribution in [0.3, 0.4) is 0 Å². The highest BCUT2D eigenvalue weighted by Gasteiger charge is 2.10. The van der Waals surface area contributed by atoms with Gasteiger partial charge in [-0.1, -0.05) is 0 Å². The van der Waals surface area contributed by atoms with Crippen molar-refractivity contribution >= 4 is 29.0 Å². The van der Waals surface area contributed by atoms with E-state index < -0.39 is 12.0 Å². The van der Waals surface area contributed by atoms with Crippen LogP contribution in [0.1, 0.15) is 20.2 Å². The molecule has 0 aliphatic carbocycles. The van der Waals surface area contributed by atoms with E-state index in [4.69, 9.17) is 5.11 Å². The topological polar surface area (TPSA) is 112 Å². The standard InChI is InChI=1S/C13H13N3O4S/c1-7-5-14-11(21-7)6-15-13(20)16-9-3-2-8(12(18)19)4-10(9)17/h2-5,17H,6H2,1H3,(H,18,19)(H2,15,16,20). The predicted octanol–water partition coefficient (Wildman–Crippen LogP) is 2.18. The molecule has 0 spiro atoms. The Hall–Kier alpha value is -2.61. The molecule has 0 atom stereocenters. The molecule has 0 radical (unpaired) electrons. The Bertz CT molecular complexity index is 684. The molecule has 0 bridgehead atoms. The van der Waals surface area contributed by atoms with E-state index in [0.29, 0.717) is 0 Å². The molecule has 110 valence electrons. The minimum atomic E-state index is -1.15. The number of carbonyl (C=O) groups excluding carboxylic acids is 1. The van der Waals surface area contributed by atoms with E-state index in [1.807, 2.05) is 6.92 Å². The van der Waals surface area contributed by atoms with Crippen molar-refractivity contribution in [3.63, 3.8) is 0 Å². The molecule has 0 aliphatic heterocycles. The third-order valence-corrected chi connectivity index (χ3v) is 3.47. The number of carboxylic acid groups (broad SMARTS) is 1. The van der Waals surface area contributed by atoms with E-state index in [1.54, 1.807) is 6.20 Å². The van der Waals surface area contributed by atoms with E-state index in [0.717, 1.165) is 16.0 Å². The van der Waals surface area contributed by atoms with Crippen molar-refractivity contribution in [3.05, 3.63) is 39.8 Å². The molecule has 2 amide bonds.